The van der Waals surface area contributed by atoms with Gasteiger partial charge in [-0.2, -0.15) is 0 Å². The molecule has 0 bridgehead atoms. The van der Waals surface area contributed by atoms with E-state index in [-0.39, 0.29) is 16.4 Å². The Labute approximate surface area is 88.8 Å². The van der Waals surface area contributed by atoms with Crippen LogP contribution in [0.4, 0.5) is 0 Å². The Morgan fingerprint density at radius 2 is 0.562 bits per heavy atom. The predicted molar refractivity (Wildman–Crippen MR) is 44.5 cm³/mol. The average Bonchev–Trinajstić information content (AvgIpc) is 2.26. The third kappa shape index (κ3) is 1.66. The van der Waals surface area contributed by atoms with Gasteiger partial charge in [-0.3, -0.25) is 0 Å². The van der Waals surface area contributed by atoms with Gasteiger partial charge in [-0.15, -0.1) is 0 Å². The van der Waals surface area contributed by atoms with E-state index in [4.69, 9.17) is 31.6 Å². The topological polar surface area (TPSA) is 237 Å². The van der Waals surface area contributed by atoms with Gasteiger partial charge >= 0.3 is 72.0 Å². The SMILES string of the molecule is N#[C][Ru]([C]#N)([C]#N)([C]#N)([C]#N)[C]#N.O.O.O. The number of nitriles is 6. The summed E-state index contributed by atoms with van der Waals surface area (Å²) in [5.74, 6) is 0. The minimum absolute atomic E-state index is 0. The quantitative estimate of drug-likeness (QED) is 0.442. The molecule has 0 amide bonds. The van der Waals surface area contributed by atoms with Crippen molar-refractivity contribution in [2.24, 2.45) is 0 Å². The Kier molecular flexibility index (Phi) is 6.99. The maximum atomic E-state index is 8.59. The van der Waals surface area contributed by atoms with Gasteiger partial charge in [0.25, 0.3) is 0 Å². The summed E-state index contributed by atoms with van der Waals surface area (Å²) in [6.45, 7) is 0. The fourth-order valence-electron chi connectivity index (χ4n) is 0.265. The van der Waals surface area contributed by atoms with Gasteiger partial charge in [-0.05, 0) is 0 Å². The molecule has 0 spiro atoms. The van der Waals surface area contributed by atoms with Crippen LogP contribution in [0.3, 0.4) is 0 Å². The number of hydrogen-bond acceptors (Lipinski definition) is 6. The first kappa shape index (κ1) is 23.3. The molecule has 0 aromatic carbocycles. The summed E-state index contributed by atoms with van der Waals surface area (Å²) in [4.78, 5) is 0. The van der Waals surface area contributed by atoms with Crippen molar-refractivity contribution in [1.29, 1.82) is 31.6 Å². The second-order valence-corrected chi connectivity index (χ2v) is 10.6. The van der Waals surface area contributed by atoms with Crippen molar-refractivity contribution in [2.75, 3.05) is 0 Å². The van der Waals surface area contributed by atoms with Crippen LogP contribution < -0.4 is 0 Å². The van der Waals surface area contributed by atoms with E-state index in [1.165, 1.54) is 0 Å². The third-order valence-electron chi connectivity index (χ3n) is 1.19. The Balaban J connectivity index is -0.000000240. The average molecular weight is 311 g/mol. The summed E-state index contributed by atoms with van der Waals surface area (Å²) >= 11 is -6.55. The summed E-state index contributed by atoms with van der Waals surface area (Å²) in [5.41, 5.74) is 0. The molecule has 0 fully saturated rings. The largest absolute Gasteiger partial charge is 0.412 e. The first-order valence-electron chi connectivity index (χ1n) is 2.40. The number of hydrogen-bond donors (Lipinski definition) is 0. The molecule has 16 heavy (non-hydrogen) atoms. The molecule has 9 nitrogen and oxygen atoms in total. The predicted octanol–water partition coefficient (Wildman–Crippen LogP) is -2.38. The van der Waals surface area contributed by atoms with Crippen molar-refractivity contribution < 1.29 is 28.9 Å². The molecule has 0 rings (SSSR count). The molecule has 0 saturated heterocycles. The number of nitrogens with zero attached hydrogens (tertiary/aromatic N) is 6. The van der Waals surface area contributed by atoms with E-state index in [1.807, 2.05) is 0 Å². The molecule has 0 saturated carbocycles. The van der Waals surface area contributed by atoms with E-state index >= 15 is 0 Å². The van der Waals surface area contributed by atoms with E-state index in [0.29, 0.717) is 0 Å². The summed E-state index contributed by atoms with van der Waals surface area (Å²) in [6.07, 6.45) is 0. The first-order chi connectivity index (χ1) is 5.97. The molecular formula is C6H6N6O3Ru. The van der Waals surface area contributed by atoms with Gasteiger partial charge in [0.15, 0.2) is 0 Å². The molecule has 0 aromatic rings. The molecule has 0 atom stereocenters. The van der Waals surface area contributed by atoms with E-state index in [0.717, 1.165) is 28.0 Å². The fourth-order valence-corrected chi connectivity index (χ4v) is 1.57. The molecule has 0 radical (unpaired) electrons. The Hall–Kier alpha value is -2.56. The van der Waals surface area contributed by atoms with Gasteiger partial charge in [0.05, 0.1) is 0 Å². The maximum absolute atomic E-state index is 8.59. The second kappa shape index (κ2) is 4.79. The Morgan fingerprint density at radius 1 is 0.438 bits per heavy atom. The van der Waals surface area contributed by atoms with Gasteiger partial charge in [0.1, 0.15) is 0 Å². The molecule has 0 aliphatic carbocycles. The van der Waals surface area contributed by atoms with Crippen LogP contribution in [0.2, 0.25) is 0 Å². The second-order valence-electron chi connectivity index (χ2n) is 1.80. The van der Waals surface area contributed by atoms with Crippen LogP contribution in [0.25, 0.3) is 0 Å². The minimum atomic E-state index is -6.55. The summed E-state index contributed by atoms with van der Waals surface area (Å²) in [6, 6.07) is 0. The molecule has 0 aliphatic heterocycles. The van der Waals surface area contributed by atoms with E-state index in [9.17, 15) is 0 Å². The van der Waals surface area contributed by atoms with Gasteiger partial charge in [-0.25, -0.2) is 0 Å². The zero-order chi connectivity index (χ0) is 10.7. The molecule has 0 aliphatic rings. The minimum Gasteiger partial charge on any atom is -0.412 e. The zero-order valence-electron chi connectivity index (χ0n) is 7.54. The van der Waals surface area contributed by atoms with E-state index < -0.39 is 12.4 Å². The van der Waals surface area contributed by atoms with Crippen LogP contribution >= 0.6 is 0 Å². The first-order valence-corrected chi connectivity index (χ1v) is 7.62. The van der Waals surface area contributed by atoms with Crippen molar-refractivity contribution >= 4 is 0 Å². The molecule has 10 heteroatoms. The van der Waals surface area contributed by atoms with Crippen LogP contribution in [0, 0.1) is 59.6 Å². The standard InChI is InChI=1S/6CN.3H2O.Ru/c6*1-2;;;;/h;;;;;;3*1H2;. The fraction of sp³-hybridized carbons (Fsp3) is 0. The van der Waals surface area contributed by atoms with E-state index in [2.05, 4.69) is 0 Å². The van der Waals surface area contributed by atoms with Crippen molar-refractivity contribution in [3.63, 3.8) is 0 Å². The van der Waals surface area contributed by atoms with Crippen molar-refractivity contribution in [2.45, 2.75) is 0 Å². The Morgan fingerprint density at radius 3 is 0.562 bits per heavy atom. The monoisotopic (exact) mass is 312 g/mol. The zero-order valence-corrected chi connectivity index (χ0v) is 9.27. The van der Waals surface area contributed by atoms with Crippen LogP contribution in [0.1, 0.15) is 0 Å². The third-order valence-corrected chi connectivity index (χ3v) is 7.02. The summed E-state index contributed by atoms with van der Waals surface area (Å²) < 4.78 is 6.37. The van der Waals surface area contributed by atoms with Crippen LogP contribution in [-0.2, 0) is 12.4 Å². The maximum Gasteiger partial charge on any atom is -0.412 e. The van der Waals surface area contributed by atoms with Gasteiger partial charge in [0, 0.05) is 0 Å². The smallest absolute Gasteiger partial charge is 0.412 e. The summed E-state index contributed by atoms with van der Waals surface area (Å²) in [5, 5.41) is 51.6. The van der Waals surface area contributed by atoms with Gasteiger partial charge < -0.3 is 16.4 Å². The molecular weight excluding hydrogens is 305 g/mol. The molecule has 86 valence electrons. The molecule has 0 unspecified atom stereocenters. The normalized spacial score (nSPS) is 10.9. The molecule has 6 N–H and O–H groups in total. The van der Waals surface area contributed by atoms with Crippen molar-refractivity contribution in [3.05, 3.63) is 0 Å². The van der Waals surface area contributed by atoms with Crippen LogP contribution in [0.15, 0.2) is 0 Å². The molecule has 0 heterocycles. The number of rotatable bonds is 0. The summed E-state index contributed by atoms with van der Waals surface area (Å²) in [7, 11) is 0. The molecule has 0 aromatic heterocycles. The van der Waals surface area contributed by atoms with Crippen LogP contribution in [0.5, 0.6) is 0 Å². The Bertz CT molecular complexity index is 398. The van der Waals surface area contributed by atoms with Crippen molar-refractivity contribution in [1.82, 2.24) is 0 Å². The van der Waals surface area contributed by atoms with Crippen molar-refractivity contribution in [3.8, 4) is 28.0 Å². The van der Waals surface area contributed by atoms with Gasteiger partial charge in [-0.1, -0.05) is 0 Å². The van der Waals surface area contributed by atoms with Crippen LogP contribution in [-0.4, -0.2) is 16.4 Å². The van der Waals surface area contributed by atoms with E-state index in [1.54, 1.807) is 0 Å². The van der Waals surface area contributed by atoms with Gasteiger partial charge in [0.2, 0.25) is 0 Å².